The van der Waals surface area contributed by atoms with Gasteiger partial charge in [-0.15, -0.1) is 0 Å². The number of halogens is 1. The number of nitrogens with one attached hydrogen (secondary N) is 1. The summed E-state index contributed by atoms with van der Waals surface area (Å²) in [4.78, 5) is 60.9. The highest BCUT2D eigenvalue weighted by molar-refractivity contribution is 6.35. The molecule has 1 atom stereocenters. The SMILES string of the molecule is Cc1c2c3n(c1/C=C1\C(=O)Nc4ccc(F)cc41)OC(=O)/C=C\C(=O)OC(C3)N(CCN1CCOCC1)C2=O. The number of rotatable bonds is 4. The van der Waals surface area contributed by atoms with Crippen molar-refractivity contribution in [2.24, 2.45) is 0 Å². The Morgan fingerprint density at radius 3 is 2.64 bits per heavy atom. The molecule has 12 heteroatoms. The predicted molar refractivity (Wildman–Crippen MR) is 135 cm³/mol. The highest BCUT2D eigenvalue weighted by Crippen LogP contribution is 2.37. The fourth-order valence-electron chi connectivity index (χ4n) is 5.33. The highest BCUT2D eigenvalue weighted by atomic mass is 19.1. The first-order valence-electron chi connectivity index (χ1n) is 12.6. The van der Waals surface area contributed by atoms with Gasteiger partial charge in [0.2, 0.25) is 0 Å². The third-order valence-electron chi connectivity index (χ3n) is 7.30. The van der Waals surface area contributed by atoms with E-state index in [0.29, 0.717) is 54.4 Å². The summed E-state index contributed by atoms with van der Waals surface area (Å²) in [5.74, 6) is -3.01. The quantitative estimate of drug-likeness (QED) is 0.457. The number of ether oxygens (including phenoxy) is 2. The molecular formula is C27H25FN4O7. The van der Waals surface area contributed by atoms with Crippen LogP contribution < -0.4 is 10.2 Å². The van der Waals surface area contributed by atoms with Crippen molar-refractivity contribution in [1.29, 1.82) is 0 Å². The molecule has 1 aromatic carbocycles. The minimum absolute atomic E-state index is 0.0679. The Morgan fingerprint density at radius 1 is 1.08 bits per heavy atom. The van der Waals surface area contributed by atoms with Crippen molar-refractivity contribution < 1.29 is 37.9 Å². The van der Waals surface area contributed by atoms with E-state index in [9.17, 15) is 23.6 Å². The van der Waals surface area contributed by atoms with E-state index in [4.69, 9.17) is 14.3 Å². The third-order valence-corrected chi connectivity index (χ3v) is 7.30. The molecule has 4 aliphatic rings. The van der Waals surface area contributed by atoms with Gasteiger partial charge >= 0.3 is 11.9 Å². The number of nitrogens with zero attached hydrogens (tertiary/aromatic N) is 3. The second kappa shape index (κ2) is 9.79. The molecule has 0 radical (unpaired) electrons. The number of hydrogen-bond donors (Lipinski definition) is 1. The monoisotopic (exact) mass is 536 g/mol. The van der Waals surface area contributed by atoms with Gasteiger partial charge in [0.1, 0.15) is 5.82 Å². The molecule has 2 bridgehead atoms. The Hall–Kier alpha value is -4.29. The fourth-order valence-corrected chi connectivity index (χ4v) is 5.33. The molecule has 5 heterocycles. The van der Waals surface area contributed by atoms with Gasteiger partial charge in [0, 0.05) is 56.0 Å². The topological polar surface area (TPSA) is 119 Å². The van der Waals surface area contributed by atoms with Gasteiger partial charge in [-0.1, -0.05) is 0 Å². The van der Waals surface area contributed by atoms with Crippen molar-refractivity contribution in [2.75, 3.05) is 44.7 Å². The Balaban J connectivity index is 1.44. The van der Waals surface area contributed by atoms with E-state index in [-0.39, 0.29) is 23.6 Å². The summed E-state index contributed by atoms with van der Waals surface area (Å²) >= 11 is 0. The molecule has 1 unspecified atom stereocenters. The number of anilines is 1. The lowest BCUT2D eigenvalue weighted by molar-refractivity contribution is -0.153. The fraction of sp³-hybridized carbons (Fsp3) is 0.333. The lowest BCUT2D eigenvalue weighted by atomic mass is 10.00. The maximum Gasteiger partial charge on any atom is 0.356 e. The molecule has 0 spiro atoms. The Morgan fingerprint density at radius 2 is 1.85 bits per heavy atom. The highest BCUT2D eigenvalue weighted by Gasteiger charge is 2.41. The van der Waals surface area contributed by atoms with Gasteiger partial charge in [-0.05, 0) is 36.8 Å². The smallest absolute Gasteiger partial charge is 0.356 e. The molecule has 0 aliphatic carbocycles. The minimum Gasteiger partial charge on any atom is -0.438 e. The molecule has 2 amide bonds. The number of morpholine rings is 1. The molecule has 1 aromatic heterocycles. The van der Waals surface area contributed by atoms with Crippen molar-refractivity contribution in [1.82, 2.24) is 14.5 Å². The molecule has 11 nitrogen and oxygen atoms in total. The number of carbonyl (C=O) groups is 4. The van der Waals surface area contributed by atoms with Crippen LogP contribution in [-0.2, 0) is 30.3 Å². The molecule has 202 valence electrons. The van der Waals surface area contributed by atoms with Crippen LogP contribution in [0.3, 0.4) is 0 Å². The van der Waals surface area contributed by atoms with Gasteiger partial charge in [0.05, 0.1) is 35.7 Å². The van der Waals surface area contributed by atoms with Crippen LogP contribution in [0.5, 0.6) is 0 Å². The van der Waals surface area contributed by atoms with Crippen LogP contribution >= 0.6 is 0 Å². The van der Waals surface area contributed by atoms with Crippen LogP contribution in [-0.4, -0.2) is 83.9 Å². The molecule has 0 saturated carbocycles. The lowest BCUT2D eigenvalue weighted by Crippen LogP contribution is -2.52. The Bertz CT molecular complexity index is 1470. The van der Waals surface area contributed by atoms with Gasteiger partial charge in [-0.2, -0.15) is 4.73 Å². The van der Waals surface area contributed by atoms with E-state index in [1.165, 1.54) is 33.9 Å². The largest absolute Gasteiger partial charge is 0.438 e. The zero-order valence-corrected chi connectivity index (χ0v) is 21.1. The summed E-state index contributed by atoms with van der Waals surface area (Å²) in [5, 5.41) is 2.69. The Kier molecular flexibility index (Phi) is 6.28. The molecular weight excluding hydrogens is 511 g/mol. The lowest BCUT2D eigenvalue weighted by Gasteiger charge is -2.37. The number of esters is 1. The number of amides is 2. The molecule has 6 rings (SSSR count). The van der Waals surface area contributed by atoms with E-state index < -0.39 is 29.9 Å². The maximum atomic E-state index is 14.0. The number of hydrogen-bond acceptors (Lipinski definition) is 8. The van der Waals surface area contributed by atoms with E-state index in [0.717, 1.165) is 25.2 Å². The zero-order valence-electron chi connectivity index (χ0n) is 21.1. The van der Waals surface area contributed by atoms with Gasteiger partial charge in [-0.3, -0.25) is 14.5 Å². The molecule has 39 heavy (non-hydrogen) atoms. The van der Waals surface area contributed by atoms with Crippen LogP contribution in [0.4, 0.5) is 10.1 Å². The van der Waals surface area contributed by atoms with E-state index >= 15 is 0 Å². The third kappa shape index (κ3) is 4.51. The molecule has 2 aromatic rings. The average Bonchev–Trinajstić information content (AvgIpc) is 3.36. The van der Waals surface area contributed by atoms with Crippen molar-refractivity contribution in [3.8, 4) is 0 Å². The van der Waals surface area contributed by atoms with Gasteiger partial charge in [0.25, 0.3) is 11.8 Å². The van der Waals surface area contributed by atoms with E-state index in [2.05, 4.69) is 10.2 Å². The van der Waals surface area contributed by atoms with Crippen LogP contribution in [0.1, 0.15) is 32.9 Å². The molecule has 1 N–H and O–H groups in total. The van der Waals surface area contributed by atoms with Gasteiger partial charge < -0.3 is 24.5 Å². The first kappa shape index (κ1) is 25.0. The summed E-state index contributed by atoms with van der Waals surface area (Å²) in [6, 6.07) is 3.95. The van der Waals surface area contributed by atoms with E-state index in [1.54, 1.807) is 6.92 Å². The van der Waals surface area contributed by atoms with Gasteiger partial charge in [0.15, 0.2) is 6.23 Å². The first-order chi connectivity index (χ1) is 18.8. The van der Waals surface area contributed by atoms with Crippen molar-refractivity contribution in [3.05, 3.63) is 64.2 Å². The van der Waals surface area contributed by atoms with Crippen molar-refractivity contribution >= 4 is 41.1 Å². The van der Waals surface area contributed by atoms with Crippen LogP contribution in [0.25, 0.3) is 11.6 Å². The minimum atomic E-state index is -0.932. The predicted octanol–water partition coefficient (Wildman–Crippen LogP) is 1.15. The van der Waals surface area contributed by atoms with Gasteiger partial charge in [-0.25, -0.2) is 14.0 Å². The van der Waals surface area contributed by atoms with Crippen LogP contribution in [0, 0.1) is 12.7 Å². The normalized spacial score (nSPS) is 22.9. The molecule has 4 aliphatic heterocycles. The standard InChI is InChI=1S/C27H25FN4O7/c1-15-20(13-18-17-12-16(28)2-3-19(17)29-26(18)35)32-21-14-22(38-23(33)4-5-24(34)39-32)31(27(36)25(15)21)7-6-30-8-10-37-11-9-30/h2-5,12-13,22H,6-11,14H2,1H3,(H,29,35)/b5-4-,18-13-. The number of aromatic nitrogens is 1. The first-order valence-corrected chi connectivity index (χ1v) is 12.6. The molecule has 1 fully saturated rings. The van der Waals surface area contributed by atoms with Crippen molar-refractivity contribution in [3.63, 3.8) is 0 Å². The van der Waals surface area contributed by atoms with Crippen LogP contribution in [0.15, 0.2) is 30.4 Å². The summed E-state index contributed by atoms with van der Waals surface area (Å²) < 4.78 is 26.2. The maximum absolute atomic E-state index is 14.0. The number of benzene rings is 1. The van der Waals surface area contributed by atoms with Crippen LogP contribution in [0.2, 0.25) is 0 Å². The summed E-state index contributed by atoms with van der Waals surface area (Å²) in [6.07, 6.45) is 2.50. The average molecular weight is 537 g/mol. The summed E-state index contributed by atoms with van der Waals surface area (Å²) in [6.45, 7) is 5.22. The molecule has 1 saturated heterocycles. The number of carbonyl (C=O) groups excluding carboxylic acids is 4. The number of fused-ring (bicyclic) bond motifs is 2. The summed E-state index contributed by atoms with van der Waals surface area (Å²) in [7, 11) is 0. The summed E-state index contributed by atoms with van der Waals surface area (Å²) in [5.41, 5.74) is 2.33. The van der Waals surface area contributed by atoms with Crippen molar-refractivity contribution in [2.45, 2.75) is 19.6 Å². The Labute approximate surface area is 222 Å². The second-order valence-corrected chi connectivity index (χ2v) is 9.62. The van der Waals surface area contributed by atoms with E-state index in [1.807, 2.05) is 0 Å². The second-order valence-electron chi connectivity index (χ2n) is 9.62. The zero-order chi connectivity index (χ0) is 27.3.